The number of anilines is 1. The molecule has 134 valence electrons. The van der Waals surface area contributed by atoms with Gasteiger partial charge in [-0.25, -0.2) is 10.1 Å². The summed E-state index contributed by atoms with van der Waals surface area (Å²) in [5, 5.41) is 28.1. The van der Waals surface area contributed by atoms with E-state index in [-0.39, 0.29) is 23.1 Å². The quantitative estimate of drug-likeness (QED) is 0.429. The Morgan fingerprint density at radius 2 is 2.15 bits per heavy atom. The van der Waals surface area contributed by atoms with Crippen molar-refractivity contribution in [1.29, 1.82) is 0 Å². The lowest BCUT2D eigenvalue weighted by Crippen LogP contribution is -2.20. The number of nitrogens with one attached hydrogen (secondary N) is 1. The smallest absolute Gasteiger partial charge is 0.293 e. The summed E-state index contributed by atoms with van der Waals surface area (Å²) in [5.41, 5.74) is 9.42. The Kier molecular flexibility index (Phi) is 4.87. The highest BCUT2D eigenvalue weighted by molar-refractivity contribution is 5.94. The zero-order valence-electron chi connectivity index (χ0n) is 13.8. The van der Waals surface area contributed by atoms with Gasteiger partial charge in [-0.05, 0) is 46.6 Å². The van der Waals surface area contributed by atoms with Crippen LogP contribution in [0.25, 0.3) is 5.82 Å². The Labute approximate surface area is 147 Å². The lowest BCUT2D eigenvalue weighted by Gasteiger charge is -2.03. The number of nitrogen functional groups attached to an aromatic ring is 1. The molecule has 0 aliphatic heterocycles. The van der Waals surface area contributed by atoms with Crippen molar-refractivity contribution in [2.75, 3.05) is 5.73 Å². The molecule has 0 saturated carbocycles. The van der Waals surface area contributed by atoms with Gasteiger partial charge in [0.1, 0.15) is 5.75 Å². The second-order valence-electron chi connectivity index (χ2n) is 5.31. The Hall–Kier alpha value is -3.76. The highest BCUT2D eigenvalue weighted by atomic mass is 16.6. The minimum atomic E-state index is -0.523. The standard InChI is InChI=1S/C15H16N8O3/c1-2-3-11-12(18-22-23(11)14-13(16)20-26-21-14)15(25)19-17-8-9-4-6-10(24)7-5-9/h4-8,24H,2-3H2,1H3,(H2,16,20)(H,19,25)/b17-8-. The lowest BCUT2D eigenvalue weighted by molar-refractivity contribution is 0.0949. The summed E-state index contributed by atoms with van der Waals surface area (Å²) >= 11 is 0. The van der Waals surface area contributed by atoms with Crippen molar-refractivity contribution in [3.8, 4) is 11.6 Å². The molecule has 0 bridgehead atoms. The molecular weight excluding hydrogens is 340 g/mol. The van der Waals surface area contributed by atoms with E-state index in [1.54, 1.807) is 12.1 Å². The highest BCUT2D eigenvalue weighted by Gasteiger charge is 2.23. The van der Waals surface area contributed by atoms with E-state index in [1.807, 2.05) is 6.92 Å². The number of carbonyl (C=O) groups is 1. The number of hydrogen-bond donors (Lipinski definition) is 3. The number of hydrogen-bond acceptors (Lipinski definition) is 9. The Balaban J connectivity index is 1.79. The van der Waals surface area contributed by atoms with Crippen LogP contribution < -0.4 is 11.2 Å². The fourth-order valence-corrected chi connectivity index (χ4v) is 2.23. The normalized spacial score (nSPS) is 11.1. The van der Waals surface area contributed by atoms with E-state index < -0.39 is 5.91 Å². The first-order chi connectivity index (χ1) is 12.6. The van der Waals surface area contributed by atoms with Crippen molar-refractivity contribution in [2.24, 2.45) is 5.10 Å². The number of phenolic OH excluding ortho intramolecular Hbond substituents is 1. The van der Waals surface area contributed by atoms with Crippen LogP contribution in [0.5, 0.6) is 5.75 Å². The van der Waals surface area contributed by atoms with Crippen LogP contribution in [0.2, 0.25) is 0 Å². The minimum Gasteiger partial charge on any atom is -0.508 e. The summed E-state index contributed by atoms with van der Waals surface area (Å²) in [7, 11) is 0. The van der Waals surface area contributed by atoms with Gasteiger partial charge in [-0.2, -0.15) is 9.78 Å². The SMILES string of the molecule is CCCc1c(C(=O)N/N=C\c2ccc(O)cc2)nnn1-c1nonc1N. The van der Waals surface area contributed by atoms with E-state index >= 15 is 0 Å². The number of amides is 1. The zero-order valence-corrected chi connectivity index (χ0v) is 13.8. The zero-order chi connectivity index (χ0) is 18.5. The number of rotatable bonds is 6. The molecule has 3 rings (SSSR count). The predicted octanol–water partition coefficient (Wildman–Crippen LogP) is 0.654. The number of carbonyl (C=O) groups excluding carboxylic acids is 1. The van der Waals surface area contributed by atoms with Gasteiger partial charge in [-0.3, -0.25) is 4.79 Å². The van der Waals surface area contributed by atoms with Crippen LogP contribution in [0.4, 0.5) is 5.82 Å². The number of aromatic nitrogens is 5. The van der Waals surface area contributed by atoms with E-state index in [0.29, 0.717) is 17.7 Å². The lowest BCUT2D eigenvalue weighted by atomic mass is 10.2. The second kappa shape index (κ2) is 7.42. The van der Waals surface area contributed by atoms with Gasteiger partial charge in [-0.1, -0.05) is 18.6 Å². The minimum absolute atomic E-state index is 0.0459. The molecule has 0 saturated heterocycles. The molecule has 0 aliphatic rings. The molecule has 11 nitrogen and oxygen atoms in total. The first-order valence-electron chi connectivity index (χ1n) is 7.75. The van der Waals surface area contributed by atoms with Crippen LogP contribution in [-0.4, -0.2) is 42.5 Å². The van der Waals surface area contributed by atoms with Crippen LogP contribution in [0, 0.1) is 0 Å². The van der Waals surface area contributed by atoms with Crippen molar-refractivity contribution in [3.05, 3.63) is 41.2 Å². The van der Waals surface area contributed by atoms with Crippen molar-refractivity contribution in [2.45, 2.75) is 19.8 Å². The molecule has 11 heteroatoms. The van der Waals surface area contributed by atoms with Crippen LogP contribution >= 0.6 is 0 Å². The highest BCUT2D eigenvalue weighted by Crippen LogP contribution is 2.17. The summed E-state index contributed by atoms with van der Waals surface area (Å²) < 4.78 is 5.90. The molecule has 1 aromatic carbocycles. The number of aromatic hydroxyl groups is 1. The monoisotopic (exact) mass is 356 g/mol. The molecule has 2 aromatic heterocycles. The number of nitrogens with two attached hydrogens (primary N) is 1. The molecule has 26 heavy (non-hydrogen) atoms. The van der Waals surface area contributed by atoms with E-state index in [9.17, 15) is 9.90 Å². The molecule has 0 unspecified atom stereocenters. The third kappa shape index (κ3) is 3.50. The van der Waals surface area contributed by atoms with Crippen LogP contribution in [0.15, 0.2) is 34.0 Å². The van der Waals surface area contributed by atoms with Gasteiger partial charge in [0.15, 0.2) is 5.69 Å². The molecular formula is C15H16N8O3. The number of nitrogens with zero attached hydrogens (tertiary/aromatic N) is 6. The van der Waals surface area contributed by atoms with E-state index in [1.165, 1.54) is 23.0 Å². The van der Waals surface area contributed by atoms with Crippen molar-refractivity contribution >= 4 is 17.9 Å². The maximum atomic E-state index is 12.4. The molecule has 0 fully saturated rings. The Morgan fingerprint density at radius 1 is 1.38 bits per heavy atom. The van der Waals surface area contributed by atoms with E-state index in [2.05, 4.69) is 35.8 Å². The Morgan fingerprint density at radius 3 is 2.81 bits per heavy atom. The van der Waals surface area contributed by atoms with Crippen molar-refractivity contribution in [3.63, 3.8) is 0 Å². The van der Waals surface area contributed by atoms with Gasteiger partial charge in [0.25, 0.3) is 5.91 Å². The van der Waals surface area contributed by atoms with Gasteiger partial charge in [-0.15, -0.1) is 5.10 Å². The fourth-order valence-electron chi connectivity index (χ4n) is 2.23. The molecule has 0 radical (unpaired) electrons. The van der Waals surface area contributed by atoms with Gasteiger partial charge in [0.2, 0.25) is 11.6 Å². The summed E-state index contributed by atoms with van der Waals surface area (Å²) in [6.45, 7) is 1.95. The van der Waals surface area contributed by atoms with Crippen molar-refractivity contribution < 1.29 is 14.5 Å². The fraction of sp³-hybridized carbons (Fsp3) is 0.200. The average molecular weight is 356 g/mol. The summed E-state index contributed by atoms with van der Waals surface area (Å²) in [6.07, 6.45) is 2.71. The van der Waals surface area contributed by atoms with Crippen LogP contribution in [-0.2, 0) is 6.42 Å². The van der Waals surface area contributed by atoms with Gasteiger partial charge >= 0.3 is 0 Å². The van der Waals surface area contributed by atoms with Crippen LogP contribution in [0.3, 0.4) is 0 Å². The van der Waals surface area contributed by atoms with Crippen molar-refractivity contribution in [1.82, 2.24) is 30.7 Å². The molecule has 3 aromatic rings. The third-order valence-electron chi connectivity index (χ3n) is 3.43. The molecule has 2 heterocycles. The molecule has 1 amide bonds. The molecule has 4 N–H and O–H groups in total. The Bertz CT molecular complexity index is 929. The summed E-state index contributed by atoms with van der Waals surface area (Å²) in [6, 6.07) is 6.35. The van der Waals surface area contributed by atoms with E-state index in [4.69, 9.17) is 5.73 Å². The third-order valence-corrected chi connectivity index (χ3v) is 3.43. The second-order valence-corrected chi connectivity index (χ2v) is 5.31. The van der Waals surface area contributed by atoms with Gasteiger partial charge in [0, 0.05) is 0 Å². The maximum absolute atomic E-state index is 12.4. The van der Waals surface area contributed by atoms with Gasteiger partial charge in [0.05, 0.1) is 11.9 Å². The summed E-state index contributed by atoms with van der Waals surface area (Å²) in [4.78, 5) is 12.4. The number of benzene rings is 1. The summed E-state index contributed by atoms with van der Waals surface area (Å²) in [5.74, 6) is -0.157. The van der Waals surface area contributed by atoms with E-state index in [0.717, 1.165) is 6.42 Å². The molecule has 0 spiro atoms. The number of hydrazone groups is 1. The largest absolute Gasteiger partial charge is 0.508 e. The van der Waals surface area contributed by atoms with Crippen LogP contribution in [0.1, 0.15) is 35.1 Å². The average Bonchev–Trinajstić information content (AvgIpc) is 3.23. The number of phenols is 1. The first-order valence-corrected chi connectivity index (χ1v) is 7.75. The topological polar surface area (TPSA) is 157 Å². The maximum Gasteiger partial charge on any atom is 0.293 e. The predicted molar refractivity (Wildman–Crippen MR) is 90.8 cm³/mol. The van der Waals surface area contributed by atoms with Gasteiger partial charge < -0.3 is 10.8 Å². The molecule has 0 aliphatic carbocycles. The first kappa shape index (κ1) is 17.1. The molecule has 0 atom stereocenters.